The first-order valence-corrected chi connectivity index (χ1v) is 10.7. The number of hydrogen-bond donors (Lipinski definition) is 2. The maximum Gasteiger partial charge on any atom is 0.251 e. The first kappa shape index (κ1) is 19.3. The van der Waals surface area contributed by atoms with Crippen molar-refractivity contribution in [2.45, 2.75) is 43.6 Å². The summed E-state index contributed by atoms with van der Waals surface area (Å²) in [7, 11) is 0. The lowest BCUT2D eigenvalue weighted by Crippen LogP contribution is -2.47. The van der Waals surface area contributed by atoms with Crippen LogP contribution in [-0.4, -0.2) is 49.3 Å². The van der Waals surface area contributed by atoms with Crippen molar-refractivity contribution < 1.29 is 19.1 Å². The molecule has 2 N–H and O–H groups in total. The van der Waals surface area contributed by atoms with Crippen LogP contribution in [0.5, 0.6) is 0 Å². The quantitative estimate of drug-likeness (QED) is 0.770. The fourth-order valence-electron chi connectivity index (χ4n) is 4.35. The minimum absolute atomic E-state index is 0.0928. The maximum absolute atomic E-state index is 13.1. The van der Waals surface area contributed by atoms with Crippen LogP contribution >= 0.6 is 0 Å². The van der Waals surface area contributed by atoms with Crippen LogP contribution in [0.4, 0.5) is 0 Å². The summed E-state index contributed by atoms with van der Waals surface area (Å²) in [5, 5.41) is 6.15. The second kappa shape index (κ2) is 8.20. The number of nitrogens with one attached hydrogen (secondary N) is 2. The van der Waals surface area contributed by atoms with Crippen molar-refractivity contribution >= 4 is 11.8 Å². The molecule has 0 radical (unpaired) electrons. The number of benzene rings is 2. The third-order valence-electron chi connectivity index (χ3n) is 6.15. The van der Waals surface area contributed by atoms with Crippen LogP contribution < -0.4 is 10.6 Å². The van der Waals surface area contributed by atoms with E-state index < -0.39 is 0 Å². The highest BCUT2D eigenvalue weighted by molar-refractivity contribution is 5.96. The standard InChI is InChI=1S/C24H26N2O4/c27-23(16-10-11-16)25-19-13-29-22-20(14-30-21(19)22)26-24(28)18-9-5-4-8-17(18)12-15-6-2-1-3-7-15/h1-9,16,19-22H,10-14H2,(H,25,27)(H,26,28). The Balaban J connectivity index is 1.24. The van der Waals surface area contributed by atoms with Gasteiger partial charge in [-0.1, -0.05) is 48.5 Å². The molecule has 2 aromatic rings. The molecule has 3 fully saturated rings. The van der Waals surface area contributed by atoms with E-state index in [1.165, 1.54) is 0 Å². The van der Waals surface area contributed by atoms with Crippen LogP contribution in [0.3, 0.4) is 0 Å². The van der Waals surface area contributed by atoms with Gasteiger partial charge in [-0.25, -0.2) is 0 Å². The Morgan fingerprint density at radius 2 is 1.47 bits per heavy atom. The molecule has 2 aliphatic heterocycles. The molecule has 3 aliphatic rings. The van der Waals surface area contributed by atoms with Crippen LogP contribution in [0.1, 0.15) is 34.3 Å². The third-order valence-corrected chi connectivity index (χ3v) is 6.15. The summed E-state index contributed by atoms with van der Waals surface area (Å²) in [6.45, 7) is 0.808. The monoisotopic (exact) mass is 406 g/mol. The predicted molar refractivity (Wildman–Crippen MR) is 111 cm³/mol. The van der Waals surface area contributed by atoms with Gasteiger partial charge in [0.15, 0.2) is 0 Å². The van der Waals surface area contributed by atoms with E-state index in [0.717, 1.165) is 24.0 Å². The van der Waals surface area contributed by atoms with Gasteiger partial charge in [0.25, 0.3) is 5.91 Å². The van der Waals surface area contributed by atoms with Crippen molar-refractivity contribution in [1.82, 2.24) is 10.6 Å². The van der Waals surface area contributed by atoms with E-state index in [2.05, 4.69) is 22.8 Å². The largest absolute Gasteiger partial charge is 0.371 e. The lowest BCUT2D eigenvalue weighted by Gasteiger charge is -2.19. The Labute approximate surface area is 176 Å². The van der Waals surface area contributed by atoms with Crippen molar-refractivity contribution in [3.8, 4) is 0 Å². The Morgan fingerprint density at radius 3 is 2.17 bits per heavy atom. The first-order chi connectivity index (χ1) is 14.7. The van der Waals surface area contributed by atoms with Crippen molar-refractivity contribution in [3.63, 3.8) is 0 Å². The molecule has 6 nitrogen and oxygen atoms in total. The molecule has 6 heteroatoms. The van der Waals surface area contributed by atoms with Gasteiger partial charge in [0.2, 0.25) is 5.91 Å². The van der Waals surface area contributed by atoms with Gasteiger partial charge >= 0.3 is 0 Å². The van der Waals surface area contributed by atoms with Gasteiger partial charge in [-0.05, 0) is 36.5 Å². The number of fused-ring (bicyclic) bond motifs is 1. The summed E-state index contributed by atoms with van der Waals surface area (Å²) in [6, 6.07) is 17.4. The highest BCUT2D eigenvalue weighted by Gasteiger charge is 2.49. The van der Waals surface area contributed by atoms with E-state index in [4.69, 9.17) is 9.47 Å². The minimum atomic E-state index is -0.236. The fourth-order valence-corrected chi connectivity index (χ4v) is 4.35. The van der Waals surface area contributed by atoms with E-state index in [9.17, 15) is 9.59 Å². The molecule has 0 bridgehead atoms. The summed E-state index contributed by atoms with van der Waals surface area (Å²) in [5.74, 6) is 0.127. The van der Waals surface area contributed by atoms with E-state index >= 15 is 0 Å². The highest BCUT2D eigenvalue weighted by Crippen LogP contribution is 2.31. The molecular formula is C24H26N2O4. The molecule has 0 spiro atoms. The number of amides is 2. The Morgan fingerprint density at radius 1 is 0.833 bits per heavy atom. The molecular weight excluding hydrogens is 380 g/mol. The van der Waals surface area contributed by atoms with E-state index in [-0.39, 0.29) is 42.0 Å². The molecule has 1 aliphatic carbocycles. The normalized spacial score (nSPS) is 27.5. The van der Waals surface area contributed by atoms with Gasteiger partial charge in [0.1, 0.15) is 12.2 Å². The highest BCUT2D eigenvalue weighted by atomic mass is 16.6. The van der Waals surface area contributed by atoms with Gasteiger partial charge in [-0.15, -0.1) is 0 Å². The molecule has 5 rings (SSSR count). The number of hydrogen-bond acceptors (Lipinski definition) is 4. The SMILES string of the molecule is O=C(NC1COC2C(NC(=O)C3CC3)COC12)c1ccccc1Cc1ccccc1. The van der Waals surface area contributed by atoms with Gasteiger partial charge < -0.3 is 20.1 Å². The van der Waals surface area contributed by atoms with Gasteiger partial charge in [0, 0.05) is 11.5 Å². The van der Waals surface area contributed by atoms with E-state index in [0.29, 0.717) is 25.2 Å². The van der Waals surface area contributed by atoms with Crippen LogP contribution in [0.25, 0.3) is 0 Å². The van der Waals surface area contributed by atoms with E-state index in [1.54, 1.807) is 0 Å². The summed E-state index contributed by atoms with van der Waals surface area (Å²) in [4.78, 5) is 25.2. The Hall–Kier alpha value is -2.70. The molecule has 2 heterocycles. The molecule has 0 aromatic heterocycles. The fraction of sp³-hybridized carbons (Fsp3) is 0.417. The van der Waals surface area contributed by atoms with Crippen LogP contribution in [0.15, 0.2) is 54.6 Å². The lowest BCUT2D eigenvalue weighted by atomic mass is 9.98. The average molecular weight is 406 g/mol. The molecule has 156 valence electrons. The topological polar surface area (TPSA) is 76.7 Å². The molecule has 4 atom stereocenters. The molecule has 2 aromatic carbocycles. The summed E-state index contributed by atoms with van der Waals surface area (Å²) < 4.78 is 11.8. The van der Waals surface area contributed by atoms with Crippen molar-refractivity contribution in [2.24, 2.45) is 5.92 Å². The maximum atomic E-state index is 13.1. The Kier molecular flexibility index (Phi) is 5.27. The second-order valence-corrected chi connectivity index (χ2v) is 8.38. The van der Waals surface area contributed by atoms with Crippen molar-refractivity contribution in [2.75, 3.05) is 13.2 Å². The average Bonchev–Trinajstić information content (AvgIpc) is 3.44. The molecule has 2 amide bonds. The van der Waals surface area contributed by atoms with Crippen LogP contribution in [0.2, 0.25) is 0 Å². The molecule has 30 heavy (non-hydrogen) atoms. The Bertz CT molecular complexity index is 928. The summed E-state index contributed by atoms with van der Waals surface area (Å²) in [5.41, 5.74) is 2.82. The third kappa shape index (κ3) is 3.98. The van der Waals surface area contributed by atoms with Gasteiger partial charge in [0.05, 0.1) is 25.3 Å². The zero-order chi connectivity index (χ0) is 20.5. The molecule has 4 unspecified atom stereocenters. The predicted octanol–water partition coefficient (Wildman–Crippen LogP) is 2.07. The zero-order valence-corrected chi connectivity index (χ0v) is 16.8. The zero-order valence-electron chi connectivity index (χ0n) is 16.8. The van der Waals surface area contributed by atoms with Gasteiger partial charge in [-0.2, -0.15) is 0 Å². The summed E-state index contributed by atoms with van der Waals surface area (Å²) >= 11 is 0. The first-order valence-electron chi connectivity index (χ1n) is 10.7. The number of carbonyl (C=O) groups is 2. The second-order valence-electron chi connectivity index (χ2n) is 8.38. The smallest absolute Gasteiger partial charge is 0.251 e. The molecule has 2 saturated heterocycles. The molecule has 1 saturated carbocycles. The number of rotatable bonds is 6. The lowest BCUT2D eigenvalue weighted by molar-refractivity contribution is -0.123. The number of ether oxygens (including phenoxy) is 2. The van der Waals surface area contributed by atoms with E-state index in [1.807, 2.05) is 42.5 Å². The van der Waals surface area contributed by atoms with Crippen LogP contribution in [-0.2, 0) is 20.7 Å². The number of carbonyl (C=O) groups excluding carboxylic acids is 2. The van der Waals surface area contributed by atoms with Crippen LogP contribution in [0, 0.1) is 5.92 Å². The summed E-state index contributed by atoms with van der Waals surface area (Å²) in [6.07, 6.45) is 2.19. The van der Waals surface area contributed by atoms with Crippen molar-refractivity contribution in [1.29, 1.82) is 0 Å². The minimum Gasteiger partial charge on any atom is -0.371 e. The van der Waals surface area contributed by atoms with Crippen molar-refractivity contribution in [3.05, 3.63) is 71.3 Å². The van der Waals surface area contributed by atoms with Gasteiger partial charge in [-0.3, -0.25) is 9.59 Å².